The molecule has 0 unspecified atom stereocenters. The molecule has 0 radical (unpaired) electrons. The molecule has 8 heteroatoms. The maximum absolute atomic E-state index is 14.4. The molecule has 1 aromatic heterocycles. The Balaban J connectivity index is 1.45. The van der Waals surface area contributed by atoms with Crippen LogP contribution in [0.3, 0.4) is 0 Å². The summed E-state index contributed by atoms with van der Waals surface area (Å²) in [5, 5.41) is 0. The van der Waals surface area contributed by atoms with E-state index in [1.165, 1.54) is 6.07 Å². The van der Waals surface area contributed by atoms with Crippen molar-refractivity contribution in [1.29, 1.82) is 0 Å². The third kappa shape index (κ3) is 5.31. The minimum absolute atomic E-state index is 0.00911. The molecule has 38 heavy (non-hydrogen) atoms. The quantitative estimate of drug-likeness (QED) is 0.484. The zero-order valence-electron chi connectivity index (χ0n) is 22.4. The number of hydrogen-bond donors (Lipinski definition) is 0. The Kier molecular flexibility index (Phi) is 7.79. The van der Waals surface area contributed by atoms with Crippen molar-refractivity contribution < 1.29 is 13.9 Å². The molecule has 200 valence electrons. The van der Waals surface area contributed by atoms with Crippen molar-refractivity contribution >= 4 is 17.4 Å². The largest absolute Gasteiger partial charge is 0.496 e. The Morgan fingerprint density at radius 2 is 1.58 bits per heavy atom. The van der Waals surface area contributed by atoms with Crippen molar-refractivity contribution in [1.82, 2.24) is 14.8 Å². The molecular formula is C30H36FN5O2. The highest BCUT2D eigenvalue weighted by atomic mass is 19.1. The van der Waals surface area contributed by atoms with Gasteiger partial charge >= 0.3 is 0 Å². The number of benzene rings is 2. The van der Waals surface area contributed by atoms with E-state index in [9.17, 15) is 9.18 Å². The van der Waals surface area contributed by atoms with Gasteiger partial charge in [-0.2, -0.15) is 0 Å². The van der Waals surface area contributed by atoms with Crippen LogP contribution in [0.5, 0.6) is 5.75 Å². The van der Waals surface area contributed by atoms with Crippen molar-refractivity contribution in [3.05, 3.63) is 72.0 Å². The van der Waals surface area contributed by atoms with Crippen LogP contribution in [0, 0.1) is 5.82 Å². The van der Waals surface area contributed by atoms with Crippen molar-refractivity contribution in [2.45, 2.75) is 18.9 Å². The molecule has 2 aliphatic rings. The van der Waals surface area contributed by atoms with E-state index >= 15 is 0 Å². The van der Waals surface area contributed by atoms with Crippen LogP contribution in [0.15, 0.2) is 60.7 Å². The van der Waals surface area contributed by atoms with Crippen molar-refractivity contribution in [2.75, 3.05) is 70.3 Å². The molecule has 0 N–H and O–H groups in total. The molecule has 0 bridgehead atoms. The van der Waals surface area contributed by atoms with E-state index in [-0.39, 0.29) is 17.8 Å². The molecule has 3 aromatic rings. The van der Waals surface area contributed by atoms with Gasteiger partial charge < -0.3 is 24.3 Å². The second-order valence-corrected chi connectivity index (χ2v) is 10.1. The zero-order valence-corrected chi connectivity index (χ0v) is 22.4. The van der Waals surface area contributed by atoms with Crippen LogP contribution in [0.2, 0.25) is 0 Å². The fraction of sp³-hybridized carbons (Fsp3) is 0.400. The van der Waals surface area contributed by atoms with Crippen LogP contribution >= 0.6 is 0 Å². The lowest BCUT2D eigenvalue weighted by molar-refractivity contribution is 0.0660. The topological polar surface area (TPSA) is 52.2 Å². The van der Waals surface area contributed by atoms with Gasteiger partial charge in [0.25, 0.3) is 5.91 Å². The minimum Gasteiger partial charge on any atom is -0.496 e. The predicted molar refractivity (Wildman–Crippen MR) is 150 cm³/mol. The van der Waals surface area contributed by atoms with Crippen molar-refractivity contribution in [2.24, 2.45) is 0 Å². The summed E-state index contributed by atoms with van der Waals surface area (Å²) < 4.78 is 20.0. The van der Waals surface area contributed by atoms with E-state index in [0.29, 0.717) is 43.2 Å². The average molecular weight is 518 g/mol. The summed E-state index contributed by atoms with van der Waals surface area (Å²) in [6.07, 6.45) is 1.92. The van der Waals surface area contributed by atoms with Crippen LogP contribution in [0.1, 0.15) is 23.2 Å². The van der Waals surface area contributed by atoms with Crippen LogP contribution in [-0.4, -0.2) is 87.2 Å². The number of likely N-dealkylation sites (tertiary alicyclic amines) is 1. The van der Waals surface area contributed by atoms with E-state index in [1.54, 1.807) is 13.2 Å². The Labute approximate surface area is 224 Å². The van der Waals surface area contributed by atoms with Gasteiger partial charge in [-0.25, -0.2) is 9.37 Å². The van der Waals surface area contributed by atoms with Gasteiger partial charge in [-0.1, -0.05) is 24.3 Å². The van der Waals surface area contributed by atoms with Crippen LogP contribution < -0.4 is 14.5 Å². The van der Waals surface area contributed by atoms with E-state index in [2.05, 4.69) is 21.7 Å². The van der Waals surface area contributed by atoms with Gasteiger partial charge in [0.05, 0.1) is 24.1 Å². The highest BCUT2D eigenvalue weighted by Crippen LogP contribution is 2.33. The van der Waals surface area contributed by atoms with E-state index < -0.39 is 0 Å². The smallest absolute Gasteiger partial charge is 0.257 e. The third-order valence-electron chi connectivity index (χ3n) is 7.82. The van der Waals surface area contributed by atoms with Gasteiger partial charge in [0.1, 0.15) is 17.4 Å². The highest BCUT2D eigenvalue weighted by Gasteiger charge is 2.30. The molecule has 0 spiro atoms. The molecule has 2 fully saturated rings. The van der Waals surface area contributed by atoms with Gasteiger partial charge in [-0.05, 0) is 69.4 Å². The highest BCUT2D eigenvalue weighted by molar-refractivity contribution is 5.99. The second-order valence-electron chi connectivity index (χ2n) is 10.1. The Morgan fingerprint density at radius 3 is 2.29 bits per heavy atom. The first kappa shape index (κ1) is 26.0. The number of ether oxygens (including phenoxy) is 1. The number of carbonyl (C=O) groups is 1. The summed E-state index contributed by atoms with van der Waals surface area (Å²) in [7, 11) is 5.68. The lowest BCUT2D eigenvalue weighted by Crippen LogP contribution is -2.48. The lowest BCUT2D eigenvalue weighted by atomic mass is 10.0. The third-order valence-corrected chi connectivity index (χ3v) is 7.82. The van der Waals surface area contributed by atoms with Crippen LogP contribution in [0.4, 0.5) is 15.9 Å². The molecule has 2 saturated heterocycles. The summed E-state index contributed by atoms with van der Waals surface area (Å²) >= 11 is 0. The monoisotopic (exact) mass is 517 g/mol. The number of methoxy groups -OCH3 is 1. The van der Waals surface area contributed by atoms with Crippen LogP contribution in [-0.2, 0) is 0 Å². The number of halogens is 1. The number of aromatic nitrogens is 1. The summed E-state index contributed by atoms with van der Waals surface area (Å²) in [6.45, 7) is 4.51. The number of nitrogens with zero attached hydrogens (tertiary/aromatic N) is 5. The zero-order chi connectivity index (χ0) is 26.6. The SMILES string of the molecule is COc1ccccc1-c1ccc(C(=O)N(C)C2CCN(C)CC2)c(N2CCN(c3ccccc3F)CC2)n1. The van der Waals surface area contributed by atoms with E-state index in [4.69, 9.17) is 9.72 Å². The Hall–Kier alpha value is -3.65. The molecule has 7 nitrogen and oxygen atoms in total. The first-order valence-corrected chi connectivity index (χ1v) is 13.3. The predicted octanol–water partition coefficient (Wildman–Crippen LogP) is 4.39. The Bertz CT molecular complexity index is 1270. The molecule has 2 aromatic carbocycles. The second kappa shape index (κ2) is 11.4. The number of piperazine rings is 1. The lowest BCUT2D eigenvalue weighted by Gasteiger charge is -2.38. The number of amides is 1. The number of piperidine rings is 1. The fourth-order valence-corrected chi connectivity index (χ4v) is 5.47. The van der Waals surface area contributed by atoms with Gasteiger partial charge in [0.2, 0.25) is 0 Å². The number of rotatable bonds is 6. The van der Waals surface area contributed by atoms with Gasteiger partial charge in [0, 0.05) is 44.8 Å². The van der Waals surface area contributed by atoms with Crippen molar-refractivity contribution in [3.63, 3.8) is 0 Å². The Morgan fingerprint density at radius 1 is 0.921 bits per heavy atom. The molecule has 0 aliphatic carbocycles. The number of pyridine rings is 1. The summed E-state index contributed by atoms with van der Waals surface area (Å²) in [5.41, 5.74) is 2.85. The van der Waals surface area contributed by atoms with E-state index in [1.807, 2.05) is 60.5 Å². The summed E-state index contributed by atoms with van der Waals surface area (Å²) in [6, 6.07) is 18.7. The minimum atomic E-state index is -0.215. The number of para-hydroxylation sites is 2. The van der Waals surface area contributed by atoms with Crippen LogP contribution in [0.25, 0.3) is 11.3 Å². The maximum atomic E-state index is 14.4. The van der Waals surface area contributed by atoms with E-state index in [0.717, 1.165) is 42.9 Å². The summed E-state index contributed by atoms with van der Waals surface area (Å²) in [4.78, 5) is 27.3. The first-order valence-electron chi connectivity index (χ1n) is 13.3. The summed E-state index contributed by atoms with van der Waals surface area (Å²) in [5.74, 6) is 1.18. The van der Waals surface area contributed by atoms with Gasteiger partial charge in [0.15, 0.2) is 0 Å². The number of anilines is 2. The molecule has 5 rings (SSSR count). The molecule has 2 aliphatic heterocycles. The maximum Gasteiger partial charge on any atom is 0.257 e. The van der Waals surface area contributed by atoms with Gasteiger partial charge in [-0.15, -0.1) is 0 Å². The molecule has 0 saturated carbocycles. The molecular weight excluding hydrogens is 481 g/mol. The standard InChI is InChI=1S/C30H36FN5O2/c1-33-16-14-22(15-17-33)34(2)30(37)24-12-13-26(23-8-4-7-11-28(23)38-3)32-29(24)36-20-18-35(19-21-36)27-10-6-5-9-25(27)31/h4-13,22H,14-21H2,1-3H3. The normalized spacial score (nSPS) is 16.9. The van der Waals surface area contributed by atoms with Gasteiger partial charge in [-0.3, -0.25) is 4.79 Å². The molecule has 3 heterocycles. The number of carbonyl (C=O) groups excluding carboxylic acids is 1. The van der Waals surface area contributed by atoms with Crippen molar-refractivity contribution in [3.8, 4) is 17.0 Å². The molecule has 0 atom stereocenters. The molecule has 1 amide bonds. The fourth-order valence-electron chi connectivity index (χ4n) is 5.47. The number of hydrogen-bond acceptors (Lipinski definition) is 6. The first-order chi connectivity index (χ1) is 18.5. The average Bonchev–Trinajstić information content (AvgIpc) is 2.97.